The number of hydrogen-bond acceptors (Lipinski definition) is 1. The maximum atomic E-state index is 2.40. The second-order valence-electron chi connectivity index (χ2n) is 12.1. The number of nitrogens with zero attached hydrogens (tertiary/aromatic N) is 2. The monoisotopic (exact) mass is 568 g/mol. The molecular formula is C42H36N2. The number of rotatable bonds is 6. The van der Waals surface area contributed by atoms with Gasteiger partial charge in [0.1, 0.15) is 0 Å². The van der Waals surface area contributed by atoms with Crippen molar-refractivity contribution >= 4 is 38.9 Å². The van der Waals surface area contributed by atoms with E-state index < -0.39 is 0 Å². The molecule has 0 aliphatic heterocycles. The van der Waals surface area contributed by atoms with E-state index in [2.05, 4.69) is 167 Å². The highest BCUT2D eigenvalue weighted by Gasteiger charge is 2.35. The van der Waals surface area contributed by atoms with Gasteiger partial charge in [-0.15, -0.1) is 0 Å². The number of aromatic nitrogens is 1. The Morgan fingerprint density at radius 2 is 0.977 bits per heavy atom. The summed E-state index contributed by atoms with van der Waals surface area (Å²) in [6.45, 7) is 0. The van der Waals surface area contributed by atoms with E-state index in [1.807, 2.05) is 0 Å². The highest BCUT2D eigenvalue weighted by molar-refractivity contribution is 6.10. The molecule has 0 spiro atoms. The van der Waals surface area contributed by atoms with Crippen LogP contribution in [0.1, 0.15) is 43.2 Å². The van der Waals surface area contributed by atoms with Crippen molar-refractivity contribution in [3.05, 3.63) is 169 Å². The van der Waals surface area contributed by atoms with E-state index in [-0.39, 0.29) is 5.41 Å². The third-order valence-electron chi connectivity index (χ3n) is 9.66. The molecule has 214 valence electrons. The minimum absolute atomic E-state index is 0.0884. The smallest absolute Gasteiger partial charge is 0.0561 e. The number of hydrogen-bond donors (Lipinski definition) is 0. The molecule has 0 unspecified atom stereocenters. The summed E-state index contributed by atoms with van der Waals surface area (Å²) in [6.07, 6.45) is 6.31. The molecule has 8 rings (SSSR count). The van der Waals surface area contributed by atoms with Crippen molar-refractivity contribution in [2.75, 3.05) is 4.90 Å². The summed E-state index contributed by atoms with van der Waals surface area (Å²) in [5.41, 5.74) is 10.0. The molecule has 0 atom stereocenters. The molecule has 44 heavy (non-hydrogen) atoms. The summed E-state index contributed by atoms with van der Waals surface area (Å²) in [7, 11) is 0. The second-order valence-corrected chi connectivity index (χ2v) is 12.1. The van der Waals surface area contributed by atoms with Gasteiger partial charge in [0.25, 0.3) is 0 Å². The van der Waals surface area contributed by atoms with Gasteiger partial charge in [0, 0.05) is 38.9 Å². The molecule has 2 heteroatoms. The average molecular weight is 569 g/mol. The van der Waals surface area contributed by atoms with Crippen LogP contribution in [0.15, 0.2) is 158 Å². The first-order valence-corrected chi connectivity index (χ1v) is 15.9. The maximum absolute atomic E-state index is 2.40. The largest absolute Gasteiger partial charge is 0.310 e. The van der Waals surface area contributed by atoms with Crippen LogP contribution in [0.25, 0.3) is 27.5 Å². The first kappa shape index (κ1) is 26.5. The number of benzene rings is 6. The quantitative estimate of drug-likeness (QED) is 0.194. The van der Waals surface area contributed by atoms with E-state index in [0.29, 0.717) is 0 Å². The molecule has 0 saturated heterocycles. The minimum atomic E-state index is 0.0884. The van der Waals surface area contributed by atoms with E-state index in [4.69, 9.17) is 0 Å². The van der Waals surface area contributed by atoms with Gasteiger partial charge in [-0.3, -0.25) is 0 Å². The van der Waals surface area contributed by atoms with Crippen LogP contribution in [0, 0.1) is 0 Å². The van der Waals surface area contributed by atoms with Crippen molar-refractivity contribution in [1.82, 2.24) is 4.57 Å². The van der Waals surface area contributed by atoms with Gasteiger partial charge in [-0.2, -0.15) is 0 Å². The molecule has 1 aromatic heterocycles. The van der Waals surface area contributed by atoms with Crippen LogP contribution in [0.5, 0.6) is 0 Å². The van der Waals surface area contributed by atoms with Gasteiger partial charge in [0.2, 0.25) is 0 Å². The number of anilines is 3. The minimum Gasteiger partial charge on any atom is -0.310 e. The third-order valence-corrected chi connectivity index (χ3v) is 9.66. The van der Waals surface area contributed by atoms with Gasteiger partial charge in [-0.25, -0.2) is 0 Å². The van der Waals surface area contributed by atoms with Gasteiger partial charge < -0.3 is 9.47 Å². The van der Waals surface area contributed by atoms with E-state index in [9.17, 15) is 0 Å². The lowest BCUT2D eigenvalue weighted by atomic mass is 9.65. The highest BCUT2D eigenvalue weighted by atomic mass is 15.1. The molecule has 0 amide bonds. The van der Waals surface area contributed by atoms with Crippen LogP contribution in [-0.4, -0.2) is 4.57 Å². The van der Waals surface area contributed by atoms with Crippen LogP contribution < -0.4 is 4.90 Å². The Morgan fingerprint density at radius 1 is 0.432 bits per heavy atom. The van der Waals surface area contributed by atoms with E-state index in [0.717, 1.165) is 11.4 Å². The van der Waals surface area contributed by atoms with Crippen molar-refractivity contribution in [2.45, 2.75) is 37.5 Å². The zero-order valence-electron chi connectivity index (χ0n) is 24.9. The average Bonchev–Trinajstić information content (AvgIpc) is 3.44. The van der Waals surface area contributed by atoms with Gasteiger partial charge in [-0.1, -0.05) is 122 Å². The Bertz CT molecular complexity index is 2020. The van der Waals surface area contributed by atoms with Gasteiger partial charge >= 0.3 is 0 Å². The zero-order chi connectivity index (χ0) is 29.3. The predicted octanol–water partition coefficient (Wildman–Crippen LogP) is 11.5. The lowest BCUT2D eigenvalue weighted by Gasteiger charge is -2.39. The molecule has 7 aromatic rings. The molecule has 0 radical (unpaired) electrons. The van der Waals surface area contributed by atoms with E-state index in [1.165, 1.54) is 76.4 Å². The Kier molecular flexibility index (Phi) is 6.76. The van der Waals surface area contributed by atoms with Gasteiger partial charge in [0.05, 0.1) is 11.0 Å². The molecule has 1 saturated carbocycles. The first-order chi connectivity index (χ1) is 21.8. The molecule has 2 nitrogen and oxygen atoms in total. The fourth-order valence-corrected chi connectivity index (χ4v) is 7.56. The van der Waals surface area contributed by atoms with Gasteiger partial charge in [-0.05, 0) is 78.6 Å². The Hall–Kier alpha value is -5.08. The van der Waals surface area contributed by atoms with Crippen LogP contribution in [0.3, 0.4) is 0 Å². The highest BCUT2D eigenvalue weighted by Crippen LogP contribution is 2.46. The lowest BCUT2D eigenvalue weighted by molar-refractivity contribution is 0.346. The predicted molar refractivity (Wildman–Crippen MR) is 186 cm³/mol. The number of para-hydroxylation sites is 3. The Morgan fingerprint density at radius 3 is 1.70 bits per heavy atom. The first-order valence-electron chi connectivity index (χ1n) is 15.9. The molecule has 1 aliphatic rings. The number of fused-ring (bicyclic) bond motifs is 3. The van der Waals surface area contributed by atoms with Crippen molar-refractivity contribution in [3.63, 3.8) is 0 Å². The molecule has 1 aliphatic carbocycles. The van der Waals surface area contributed by atoms with Crippen LogP contribution in [-0.2, 0) is 5.41 Å². The van der Waals surface area contributed by atoms with Crippen LogP contribution in [0.4, 0.5) is 17.1 Å². The second kappa shape index (κ2) is 11.2. The van der Waals surface area contributed by atoms with Crippen molar-refractivity contribution in [3.8, 4) is 5.69 Å². The Labute approximate surface area is 259 Å². The maximum Gasteiger partial charge on any atom is 0.0561 e. The summed E-state index contributed by atoms with van der Waals surface area (Å²) in [6, 6.07) is 57.8. The lowest BCUT2D eigenvalue weighted by Crippen LogP contribution is -2.30. The van der Waals surface area contributed by atoms with Crippen molar-refractivity contribution in [2.24, 2.45) is 0 Å². The Balaban J connectivity index is 1.28. The van der Waals surface area contributed by atoms with E-state index in [1.54, 1.807) is 0 Å². The third kappa shape index (κ3) is 4.50. The summed E-state index contributed by atoms with van der Waals surface area (Å²) in [5, 5.41) is 2.53. The van der Waals surface area contributed by atoms with E-state index >= 15 is 0 Å². The molecule has 1 heterocycles. The van der Waals surface area contributed by atoms with Crippen molar-refractivity contribution < 1.29 is 0 Å². The molecule has 6 aromatic carbocycles. The fourth-order valence-electron chi connectivity index (χ4n) is 7.56. The van der Waals surface area contributed by atoms with Crippen molar-refractivity contribution in [1.29, 1.82) is 0 Å². The molecule has 0 bridgehead atoms. The zero-order valence-corrected chi connectivity index (χ0v) is 24.9. The fraction of sp³-hybridized carbons (Fsp3) is 0.143. The van der Waals surface area contributed by atoms with Crippen LogP contribution >= 0.6 is 0 Å². The standard InChI is InChI=1S/C42H36N2/c1-5-15-32(16-6-1)42(29-13-4-14-30-42)33-23-25-36(26-24-33)43(34-17-7-2-8-18-34)37-27-28-39-38-21-11-12-22-40(38)44(41(39)31-37)35-19-9-3-10-20-35/h1-3,5-12,15-28,31H,4,13-14,29-30H2. The molecular weight excluding hydrogens is 532 g/mol. The molecule has 1 fully saturated rings. The van der Waals surface area contributed by atoms with Gasteiger partial charge in [0.15, 0.2) is 0 Å². The topological polar surface area (TPSA) is 8.17 Å². The van der Waals surface area contributed by atoms with Crippen LogP contribution in [0.2, 0.25) is 0 Å². The summed E-state index contributed by atoms with van der Waals surface area (Å²) < 4.78 is 2.40. The normalized spacial score (nSPS) is 14.5. The summed E-state index contributed by atoms with van der Waals surface area (Å²) in [4.78, 5) is 2.40. The summed E-state index contributed by atoms with van der Waals surface area (Å²) >= 11 is 0. The SMILES string of the molecule is c1ccc(N(c2ccc(C3(c4ccccc4)CCCCC3)cc2)c2ccc3c4ccccc4n(-c4ccccc4)c3c2)cc1. The molecule has 0 N–H and O–H groups in total. The summed E-state index contributed by atoms with van der Waals surface area (Å²) in [5.74, 6) is 0.